The Morgan fingerprint density at radius 1 is 1.12 bits per heavy atom. The van der Waals surface area contributed by atoms with Gasteiger partial charge in [0.05, 0.1) is 17.7 Å². The molecular formula is C19H20N4O3. The molecule has 0 spiro atoms. The summed E-state index contributed by atoms with van der Waals surface area (Å²) in [6.07, 6.45) is 0.956. The minimum atomic E-state index is -0.419. The van der Waals surface area contributed by atoms with Crippen molar-refractivity contribution in [1.82, 2.24) is 15.0 Å². The molecule has 0 saturated carbocycles. The monoisotopic (exact) mass is 352 g/mol. The first-order valence-electron chi connectivity index (χ1n) is 8.54. The van der Waals surface area contributed by atoms with Crippen LogP contribution in [0.3, 0.4) is 0 Å². The highest BCUT2D eigenvalue weighted by Crippen LogP contribution is 2.17. The second-order valence-corrected chi connectivity index (χ2v) is 5.77. The SMILES string of the molecule is CCCn1nnc2cc(C(=O)Nc3cccc(C(=O)OCC)c3)ccc21. The molecule has 1 heterocycles. The lowest BCUT2D eigenvalue weighted by Gasteiger charge is -2.07. The van der Waals surface area contributed by atoms with Crippen LogP contribution >= 0.6 is 0 Å². The van der Waals surface area contributed by atoms with Crippen LogP contribution in [0.15, 0.2) is 42.5 Å². The molecule has 1 N–H and O–H groups in total. The number of ether oxygens (including phenoxy) is 1. The Bertz CT molecular complexity index is 949. The minimum absolute atomic E-state index is 0.280. The average Bonchev–Trinajstić information content (AvgIpc) is 3.05. The highest BCUT2D eigenvalue weighted by atomic mass is 16.5. The molecule has 0 atom stereocenters. The fourth-order valence-corrected chi connectivity index (χ4v) is 2.63. The average molecular weight is 352 g/mol. The molecule has 134 valence electrons. The number of carbonyl (C=O) groups excluding carboxylic acids is 2. The van der Waals surface area contributed by atoms with E-state index >= 15 is 0 Å². The van der Waals surface area contributed by atoms with E-state index in [1.165, 1.54) is 0 Å². The van der Waals surface area contributed by atoms with Gasteiger partial charge < -0.3 is 10.1 Å². The number of anilines is 1. The van der Waals surface area contributed by atoms with E-state index in [-0.39, 0.29) is 5.91 Å². The summed E-state index contributed by atoms with van der Waals surface area (Å²) in [7, 11) is 0. The van der Waals surface area contributed by atoms with Crippen molar-refractivity contribution < 1.29 is 14.3 Å². The van der Waals surface area contributed by atoms with Crippen LogP contribution < -0.4 is 5.32 Å². The first-order valence-corrected chi connectivity index (χ1v) is 8.54. The molecule has 0 aliphatic rings. The fourth-order valence-electron chi connectivity index (χ4n) is 2.63. The number of aryl methyl sites for hydroxylation is 1. The van der Waals surface area contributed by atoms with Crippen LogP contribution in [0.2, 0.25) is 0 Å². The van der Waals surface area contributed by atoms with Crippen LogP contribution in [-0.4, -0.2) is 33.5 Å². The zero-order valence-corrected chi connectivity index (χ0v) is 14.7. The number of aromatic nitrogens is 3. The normalized spacial score (nSPS) is 10.7. The van der Waals surface area contributed by atoms with Crippen molar-refractivity contribution in [2.75, 3.05) is 11.9 Å². The number of nitrogens with one attached hydrogen (secondary N) is 1. The molecule has 1 amide bonds. The maximum Gasteiger partial charge on any atom is 0.338 e. The molecule has 0 fully saturated rings. The maximum absolute atomic E-state index is 12.5. The van der Waals surface area contributed by atoms with Gasteiger partial charge in [0.15, 0.2) is 0 Å². The second-order valence-electron chi connectivity index (χ2n) is 5.77. The summed E-state index contributed by atoms with van der Waals surface area (Å²) in [5.74, 6) is -0.699. The Morgan fingerprint density at radius 2 is 1.96 bits per heavy atom. The summed E-state index contributed by atoms with van der Waals surface area (Å²) in [5.41, 5.74) is 2.96. The standard InChI is InChI=1S/C19H20N4O3/c1-3-10-23-17-9-8-13(12-16(17)21-22-23)18(24)20-15-7-5-6-14(11-15)19(25)26-4-2/h5-9,11-12H,3-4,10H2,1-2H3,(H,20,24). The predicted molar refractivity (Wildman–Crippen MR) is 98.2 cm³/mol. The molecule has 3 rings (SSSR count). The predicted octanol–water partition coefficient (Wildman–Crippen LogP) is 3.27. The van der Waals surface area contributed by atoms with Gasteiger partial charge in [0, 0.05) is 17.8 Å². The van der Waals surface area contributed by atoms with Crippen molar-refractivity contribution in [3.8, 4) is 0 Å². The summed E-state index contributed by atoms with van der Waals surface area (Å²) in [6, 6.07) is 11.9. The zero-order chi connectivity index (χ0) is 18.5. The van der Waals surface area contributed by atoms with Crippen molar-refractivity contribution in [2.24, 2.45) is 0 Å². The van der Waals surface area contributed by atoms with Crippen molar-refractivity contribution in [2.45, 2.75) is 26.8 Å². The number of benzene rings is 2. The lowest BCUT2D eigenvalue weighted by atomic mass is 10.1. The van der Waals surface area contributed by atoms with Gasteiger partial charge in [-0.15, -0.1) is 5.10 Å². The van der Waals surface area contributed by atoms with Gasteiger partial charge in [0.2, 0.25) is 0 Å². The summed E-state index contributed by atoms with van der Waals surface area (Å²) < 4.78 is 6.79. The van der Waals surface area contributed by atoms with E-state index in [1.807, 2.05) is 10.7 Å². The molecule has 2 aromatic carbocycles. The fraction of sp³-hybridized carbons (Fsp3) is 0.263. The Hall–Kier alpha value is -3.22. The highest BCUT2D eigenvalue weighted by Gasteiger charge is 2.12. The van der Waals surface area contributed by atoms with Gasteiger partial charge in [-0.2, -0.15) is 0 Å². The van der Waals surface area contributed by atoms with Gasteiger partial charge in [-0.25, -0.2) is 9.48 Å². The maximum atomic E-state index is 12.5. The van der Waals surface area contributed by atoms with E-state index in [0.29, 0.717) is 28.9 Å². The van der Waals surface area contributed by atoms with Gasteiger partial charge in [-0.3, -0.25) is 4.79 Å². The molecule has 0 aliphatic heterocycles. The largest absolute Gasteiger partial charge is 0.462 e. The zero-order valence-electron chi connectivity index (χ0n) is 14.7. The van der Waals surface area contributed by atoms with Gasteiger partial charge in [-0.05, 0) is 49.7 Å². The Labute approximate surface area is 151 Å². The molecular weight excluding hydrogens is 332 g/mol. The number of hydrogen-bond donors (Lipinski definition) is 1. The molecule has 0 bridgehead atoms. The Balaban J connectivity index is 1.79. The first kappa shape index (κ1) is 17.6. The molecule has 7 nitrogen and oxygen atoms in total. The lowest BCUT2D eigenvalue weighted by Crippen LogP contribution is -2.13. The van der Waals surface area contributed by atoms with Crippen molar-refractivity contribution >= 4 is 28.6 Å². The summed E-state index contributed by atoms with van der Waals surface area (Å²) in [6.45, 7) is 4.90. The molecule has 26 heavy (non-hydrogen) atoms. The number of esters is 1. The first-order chi connectivity index (χ1) is 12.6. The van der Waals surface area contributed by atoms with Gasteiger partial charge in [-0.1, -0.05) is 18.2 Å². The number of fused-ring (bicyclic) bond motifs is 1. The third-order valence-corrected chi connectivity index (χ3v) is 3.84. The number of nitrogens with zero attached hydrogens (tertiary/aromatic N) is 3. The third kappa shape index (κ3) is 3.72. The van der Waals surface area contributed by atoms with Crippen LogP contribution in [-0.2, 0) is 11.3 Å². The number of hydrogen-bond acceptors (Lipinski definition) is 5. The molecule has 1 aromatic heterocycles. The van der Waals surface area contributed by atoms with E-state index in [1.54, 1.807) is 43.3 Å². The highest BCUT2D eigenvalue weighted by molar-refractivity contribution is 6.06. The molecule has 0 aliphatic carbocycles. The van der Waals surface area contributed by atoms with E-state index in [9.17, 15) is 9.59 Å². The van der Waals surface area contributed by atoms with Gasteiger partial charge in [0.25, 0.3) is 5.91 Å². The number of amides is 1. The summed E-state index contributed by atoms with van der Waals surface area (Å²) in [4.78, 5) is 24.3. The van der Waals surface area contributed by atoms with Crippen molar-refractivity contribution in [1.29, 1.82) is 0 Å². The lowest BCUT2D eigenvalue weighted by molar-refractivity contribution is 0.0526. The van der Waals surface area contributed by atoms with Gasteiger partial charge in [0.1, 0.15) is 5.52 Å². The smallest absolute Gasteiger partial charge is 0.338 e. The van der Waals surface area contributed by atoms with Crippen LogP contribution in [0.4, 0.5) is 5.69 Å². The molecule has 0 unspecified atom stereocenters. The Kier molecular flexibility index (Phi) is 5.26. The van der Waals surface area contributed by atoms with E-state index in [4.69, 9.17) is 4.74 Å². The quantitative estimate of drug-likeness (QED) is 0.688. The number of carbonyl (C=O) groups is 2. The van der Waals surface area contributed by atoms with Crippen molar-refractivity contribution in [3.63, 3.8) is 0 Å². The topological polar surface area (TPSA) is 86.1 Å². The second kappa shape index (κ2) is 7.77. The summed E-state index contributed by atoms with van der Waals surface area (Å²) in [5, 5.41) is 11.0. The molecule has 3 aromatic rings. The molecule has 0 radical (unpaired) electrons. The van der Waals surface area contributed by atoms with Gasteiger partial charge >= 0.3 is 5.97 Å². The Morgan fingerprint density at radius 3 is 2.73 bits per heavy atom. The van der Waals surface area contributed by atoms with E-state index in [2.05, 4.69) is 22.6 Å². The molecule has 0 saturated heterocycles. The molecule has 7 heteroatoms. The van der Waals surface area contributed by atoms with Crippen LogP contribution in [0.5, 0.6) is 0 Å². The van der Waals surface area contributed by atoms with E-state index in [0.717, 1.165) is 18.5 Å². The number of rotatable bonds is 6. The van der Waals surface area contributed by atoms with Crippen LogP contribution in [0.1, 0.15) is 41.0 Å². The minimum Gasteiger partial charge on any atom is -0.462 e. The van der Waals surface area contributed by atoms with E-state index < -0.39 is 5.97 Å². The summed E-state index contributed by atoms with van der Waals surface area (Å²) >= 11 is 0. The third-order valence-electron chi connectivity index (χ3n) is 3.84. The van der Waals surface area contributed by atoms with Crippen LogP contribution in [0, 0.1) is 0 Å². The van der Waals surface area contributed by atoms with Crippen molar-refractivity contribution in [3.05, 3.63) is 53.6 Å². The van der Waals surface area contributed by atoms with Crippen LogP contribution in [0.25, 0.3) is 11.0 Å².